The Balaban J connectivity index is 1.89. The summed E-state index contributed by atoms with van der Waals surface area (Å²) in [6.07, 6.45) is 1.65. The molecule has 0 saturated carbocycles. The fourth-order valence-corrected chi connectivity index (χ4v) is 1.98. The Labute approximate surface area is 110 Å². The largest absolute Gasteiger partial charge is 0.378 e. The number of ether oxygens (including phenoxy) is 1. The number of aromatic nitrogens is 2. The van der Waals surface area contributed by atoms with E-state index in [1.54, 1.807) is 11.8 Å². The number of rotatable bonds is 4. The van der Waals surface area contributed by atoms with E-state index in [0.29, 0.717) is 38.5 Å². The molecule has 1 saturated heterocycles. The first kappa shape index (κ1) is 13.5. The van der Waals surface area contributed by atoms with E-state index in [-0.39, 0.29) is 18.0 Å². The molecule has 1 aromatic rings. The van der Waals surface area contributed by atoms with Crippen LogP contribution in [0, 0.1) is 17.0 Å². The monoisotopic (exact) mass is 268 g/mol. The zero-order valence-electron chi connectivity index (χ0n) is 10.7. The normalized spacial score (nSPS) is 15.5. The van der Waals surface area contributed by atoms with Gasteiger partial charge in [-0.05, 0) is 6.92 Å². The highest BCUT2D eigenvalue weighted by molar-refractivity contribution is 5.76. The standard InChI is InChI=1S/C11H16N4O4/c1-9-10(15(17)18)8-14(12-9)3-2-11(16)13-4-6-19-7-5-13/h8H,2-7H2,1H3. The van der Waals surface area contributed by atoms with Gasteiger partial charge in [0, 0.05) is 26.1 Å². The summed E-state index contributed by atoms with van der Waals surface area (Å²) in [5.74, 6) is 0.0270. The molecule has 0 atom stereocenters. The molecule has 1 aliphatic rings. The molecule has 0 bridgehead atoms. The van der Waals surface area contributed by atoms with E-state index in [1.807, 2.05) is 0 Å². The van der Waals surface area contributed by atoms with Crippen LogP contribution < -0.4 is 0 Å². The molecule has 8 heteroatoms. The molecule has 8 nitrogen and oxygen atoms in total. The first-order valence-corrected chi connectivity index (χ1v) is 6.12. The second-order valence-corrected chi connectivity index (χ2v) is 4.36. The van der Waals surface area contributed by atoms with Crippen LogP contribution in [0.3, 0.4) is 0 Å². The second-order valence-electron chi connectivity index (χ2n) is 4.36. The van der Waals surface area contributed by atoms with Crippen LogP contribution in [0.2, 0.25) is 0 Å². The molecular formula is C11H16N4O4. The maximum absolute atomic E-state index is 11.9. The average molecular weight is 268 g/mol. The van der Waals surface area contributed by atoms with Gasteiger partial charge in [-0.2, -0.15) is 5.10 Å². The Morgan fingerprint density at radius 1 is 1.53 bits per heavy atom. The van der Waals surface area contributed by atoms with Gasteiger partial charge in [0.1, 0.15) is 11.9 Å². The summed E-state index contributed by atoms with van der Waals surface area (Å²) in [5, 5.41) is 14.7. The van der Waals surface area contributed by atoms with E-state index >= 15 is 0 Å². The quantitative estimate of drug-likeness (QED) is 0.580. The van der Waals surface area contributed by atoms with Crippen molar-refractivity contribution in [1.29, 1.82) is 0 Å². The Morgan fingerprint density at radius 2 is 2.21 bits per heavy atom. The minimum absolute atomic E-state index is 0.0150. The number of amides is 1. The zero-order chi connectivity index (χ0) is 13.8. The molecule has 19 heavy (non-hydrogen) atoms. The number of carbonyl (C=O) groups is 1. The zero-order valence-corrected chi connectivity index (χ0v) is 10.7. The molecule has 1 aromatic heterocycles. The molecule has 1 fully saturated rings. The lowest BCUT2D eigenvalue weighted by Crippen LogP contribution is -2.41. The van der Waals surface area contributed by atoms with Gasteiger partial charge >= 0.3 is 5.69 Å². The van der Waals surface area contributed by atoms with Crippen molar-refractivity contribution < 1.29 is 14.5 Å². The molecule has 1 amide bonds. The smallest absolute Gasteiger partial charge is 0.309 e. The number of carbonyl (C=O) groups excluding carboxylic acids is 1. The molecule has 2 rings (SSSR count). The fourth-order valence-electron chi connectivity index (χ4n) is 1.98. The minimum atomic E-state index is -0.470. The molecule has 0 spiro atoms. The summed E-state index contributed by atoms with van der Waals surface area (Å²) in [7, 11) is 0. The lowest BCUT2D eigenvalue weighted by molar-refractivity contribution is -0.385. The molecule has 0 aromatic carbocycles. The summed E-state index contributed by atoms with van der Waals surface area (Å²) in [6.45, 7) is 4.29. The van der Waals surface area contributed by atoms with Crippen LogP contribution >= 0.6 is 0 Å². The predicted molar refractivity (Wildman–Crippen MR) is 65.6 cm³/mol. The second kappa shape index (κ2) is 5.79. The SMILES string of the molecule is Cc1nn(CCC(=O)N2CCOCC2)cc1[N+](=O)[O-]. The number of aryl methyl sites for hydroxylation is 2. The number of nitrogens with zero attached hydrogens (tertiary/aromatic N) is 4. The molecule has 0 N–H and O–H groups in total. The van der Waals surface area contributed by atoms with E-state index < -0.39 is 4.92 Å². The van der Waals surface area contributed by atoms with Crippen LogP contribution in [-0.2, 0) is 16.1 Å². The summed E-state index contributed by atoms with van der Waals surface area (Å²) < 4.78 is 6.62. The summed E-state index contributed by atoms with van der Waals surface area (Å²) in [6, 6.07) is 0. The van der Waals surface area contributed by atoms with E-state index in [1.165, 1.54) is 10.9 Å². The third-order valence-electron chi connectivity index (χ3n) is 3.04. The van der Waals surface area contributed by atoms with Crippen LogP contribution in [0.15, 0.2) is 6.20 Å². The number of hydrogen-bond donors (Lipinski definition) is 0. The Morgan fingerprint density at radius 3 is 2.79 bits per heavy atom. The third-order valence-corrected chi connectivity index (χ3v) is 3.04. The summed E-state index contributed by atoms with van der Waals surface area (Å²) >= 11 is 0. The predicted octanol–water partition coefficient (Wildman–Crippen LogP) is 0.349. The topological polar surface area (TPSA) is 90.5 Å². The van der Waals surface area contributed by atoms with Crippen molar-refractivity contribution in [2.75, 3.05) is 26.3 Å². The highest BCUT2D eigenvalue weighted by atomic mass is 16.6. The lowest BCUT2D eigenvalue weighted by Gasteiger charge is -2.26. The van der Waals surface area contributed by atoms with Gasteiger partial charge in [-0.3, -0.25) is 19.6 Å². The molecule has 1 aliphatic heterocycles. The van der Waals surface area contributed by atoms with Gasteiger partial charge in [0.2, 0.25) is 5.91 Å². The summed E-state index contributed by atoms with van der Waals surface area (Å²) in [4.78, 5) is 23.9. The van der Waals surface area contributed by atoms with E-state index in [9.17, 15) is 14.9 Å². The van der Waals surface area contributed by atoms with Crippen molar-refractivity contribution in [2.45, 2.75) is 19.9 Å². The molecule has 0 aliphatic carbocycles. The summed E-state index contributed by atoms with van der Waals surface area (Å²) in [5.41, 5.74) is 0.350. The van der Waals surface area contributed by atoms with Gasteiger partial charge in [-0.25, -0.2) is 0 Å². The Bertz CT molecular complexity index is 479. The van der Waals surface area contributed by atoms with Crippen molar-refractivity contribution in [3.05, 3.63) is 22.0 Å². The van der Waals surface area contributed by atoms with Crippen molar-refractivity contribution in [2.24, 2.45) is 0 Å². The van der Waals surface area contributed by atoms with Crippen LogP contribution in [0.1, 0.15) is 12.1 Å². The molecule has 104 valence electrons. The Kier molecular flexibility index (Phi) is 4.10. The maximum Gasteiger partial charge on any atom is 0.309 e. The molecule has 0 unspecified atom stereocenters. The maximum atomic E-state index is 11.9. The van der Waals surface area contributed by atoms with Gasteiger partial charge < -0.3 is 9.64 Å². The van der Waals surface area contributed by atoms with E-state index in [2.05, 4.69) is 5.10 Å². The van der Waals surface area contributed by atoms with Gasteiger partial charge in [0.05, 0.1) is 18.1 Å². The van der Waals surface area contributed by atoms with Crippen molar-refractivity contribution in [3.63, 3.8) is 0 Å². The highest BCUT2D eigenvalue weighted by Gasteiger charge is 2.18. The van der Waals surface area contributed by atoms with Crippen LogP contribution in [-0.4, -0.2) is 51.8 Å². The number of morpholine rings is 1. The molecular weight excluding hydrogens is 252 g/mol. The van der Waals surface area contributed by atoms with Crippen LogP contribution in [0.4, 0.5) is 5.69 Å². The highest BCUT2D eigenvalue weighted by Crippen LogP contribution is 2.15. The number of nitro groups is 1. The number of hydrogen-bond acceptors (Lipinski definition) is 5. The molecule has 2 heterocycles. The molecule has 0 radical (unpaired) electrons. The fraction of sp³-hybridized carbons (Fsp3) is 0.636. The first-order valence-electron chi connectivity index (χ1n) is 6.12. The first-order chi connectivity index (χ1) is 9.08. The van der Waals surface area contributed by atoms with Crippen molar-refractivity contribution in [3.8, 4) is 0 Å². The van der Waals surface area contributed by atoms with Gasteiger partial charge in [0.25, 0.3) is 0 Å². The average Bonchev–Trinajstić information content (AvgIpc) is 2.78. The van der Waals surface area contributed by atoms with Crippen LogP contribution in [0.5, 0.6) is 0 Å². The van der Waals surface area contributed by atoms with Gasteiger partial charge in [-0.15, -0.1) is 0 Å². The van der Waals surface area contributed by atoms with Crippen molar-refractivity contribution in [1.82, 2.24) is 14.7 Å². The van der Waals surface area contributed by atoms with E-state index in [4.69, 9.17) is 4.74 Å². The van der Waals surface area contributed by atoms with Gasteiger partial charge in [0.15, 0.2) is 0 Å². The van der Waals surface area contributed by atoms with Gasteiger partial charge in [-0.1, -0.05) is 0 Å². The van der Waals surface area contributed by atoms with Crippen molar-refractivity contribution >= 4 is 11.6 Å². The Hall–Kier alpha value is -1.96. The minimum Gasteiger partial charge on any atom is -0.378 e. The third kappa shape index (κ3) is 3.28. The van der Waals surface area contributed by atoms with E-state index in [0.717, 1.165) is 0 Å². The lowest BCUT2D eigenvalue weighted by atomic mass is 10.3. The van der Waals surface area contributed by atoms with Crippen LogP contribution in [0.25, 0.3) is 0 Å².